The van der Waals surface area contributed by atoms with Gasteiger partial charge in [-0.15, -0.1) is 0 Å². The molecule has 0 radical (unpaired) electrons. The molecule has 1 heterocycles. The minimum atomic E-state index is -0.167. The first kappa shape index (κ1) is 15.6. The smallest absolute Gasteiger partial charge is 0.243 e. The van der Waals surface area contributed by atoms with Crippen LogP contribution in [0, 0.1) is 6.92 Å². The first-order valence-corrected chi connectivity index (χ1v) is 7.10. The molecule has 0 saturated carbocycles. The van der Waals surface area contributed by atoms with Gasteiger partial charge in [0.2, 0.25) is 5.91 Å². The lowest BCUT2D eigenvalue weighted by atomic mass is 10.2. The van der Waals surface area contributed by atoms with Crippen LogP contribution in [0.3, 0.4) is 0 Å². The average molecular weight is 324 g/mol. The number of amides is 1. The van der Waals surface area contributed by atoms with E-state index < -0.39 is 0 Å². The summed E-state index contributed by atoms with van der Waals surface area (Å²) in [7, 11) is 1.78. The molecule has 1 N–H and O–H groups in total. The van der Waals surface area contributed by atoms with Gasteiger partial charge < -0.3 is 10.2 Å². The van der Waals surface area contributed by atoms with E-state index in [1.165, 1.54) is 0 Å². The lowest BCUT2D eigenvalue weighted by Crippen LogP contribution is -2.30. The molecule has 0 atom stereocenters. The zero-order chi connectivity index (χ0) is 15.4. The molecule has 0 fully saturated rings. The molecule has 110 valence electrons. The van der Waals surface area contributed by atoms with Crippen LogP contribution in [-0.4, -0.2) is 24.5 Å². The Morgan fingerprint density at radius 3 is 2.67 bits per heavy atom. The van der Waals surface area contributed by atoms with Gasteiger partial charge in [-0.05, 0) is 36.8 Å². The number of benzene rings is 1. The molecule has 1 amide bonds. The van der Waals surface area contributed by atoms with Crippen molar-refractivity contribution in [3.63, 3.8) is 0 Å². The van der Waals surface area contributed by atoms with Crippen molar-refractivity contribution in [1.82, 2.24) is 4.98 Å². The molecule has 2 aromatic rings. The Hall–Kier alpha value is -1.78. The molecule has 2 rings (SSSR count). The summed E-state index contributed by atoms with van der Waals surface area (Å²) in [6, 6.07) is 8.98. The van der Waals surface area contributed by atoms with Crippen LogP contribution in [0.1, 0.15) is 5.56 Å². The van der Waals surface area contributed by atoms with Gasteiger partial charge in [0.1, 0.15) is 5.82 Å². The Kier molecular flexibility index (Phi) is 5.04. The highest BCUT2D eigenvalue weighted by Crippen LogP contribution is 2.22. The van der Waals surface area contributed by atoms with Gasteiger partial charge in [-0.2, -0.15) is 0 Å². The number of nitrogens with zero attached hydrogens (tertiary/aromatic N) is 2. The van der Waals surface area contributed by atoms with E-state index in [0.717, 1.165) is 5.56 Å². The Bertz CT molecular complexity index is 644. The number of aromatic nitrogens is 1. The predicted molar refractivity (Wildman–Crippen MR) is 87.3 cm³/mol. The third kappa shape index (κ3) is 4.34. The van der Waals surface area contributed by atoms with Crippen molar-refractivity contribution in [2.45, 2.75) is 6.92 Å². The molecule has 0 unspecified atom stereocenters. The molecule has 0 saturated heterocycles. The van der Waals surface area contributed by atoms with Crippen LogP contribution in [0.2, 0.25) is 10.0 Å². The Labute approximate surface area is 133 Å². The summed E-state index contributed by atoms with van der Waals surface area (Å²) in [6.45, 7) is 2.11. The number of rotatable bonds is 4. The fraction of sp³-hybridized carbons (Fsp3) is 0.200. The quantitative estimate of drug-likeness (QED) is 0.931. The lowest BCUT2D eigenvalue weighted by molar-refractivity contribution is -0.114. The van der Waals surface area contributed by atoms with E-state index in [2.05, 4.69) is 10.3 Å². The Morgan fingerprint density at radius 1 is 1.29 bits per heavy atom. The van der Waals surface area contributed by atoms with Gasteiger partial charge in [-0.25, -0.2) is 4.98 Å². The monoisotopic (exact) mass is 323 g/mol. The van der Waals surface area contributed by atoms with Crippen LogP contribution in [0.4, 0.5) is 11.5 Å². The first-order chi connectivity index (χ1) is 9.95. The predicted octanol–water partition coefficient (Wildman–Crippen LogP) is 3.77. The van der Waals surface area contributed by atoms with Gasteiger partial charge in [0.15, 0.2) is 0 Å². The minimum Gasteiger partial charge on any atom is -0.350 e. The molecule has 6 heteroatoms. The zero-order valence-electron chi connectivity index (χ0n) is 11.7. The molecule has 0 bridgehead atoms. The minimum absolute atomic E-state index is 0.166. The molecule has 0 aliphatic carbocycles. The molecule has 1 aromatic carbocycles. The number of likely N-dealkylation sites (N-methyl/N-ethyl adjacent to an activating group) is 1. The van der Waals surface area contributed by atoms with Crippen LogP contribution in [0.15, 0.2) is 36.5 Å². The highest BCUT2D eigenvalue weighted by atomic mass is 35.5. The van der Waals surface area contributed by atoms with E-state index in [1.807, 2.05) is 19.1 Å². The second kappa shape index (κ2) is 6.78. The summed E-state index contributed by atoms with van der Waals surface area (Å²) in [6.07, 6.45) is 1.54. The average Bonchev–Trinajstić information content (AvgIpc) is 2.42. The van der Waals surface area contributed by atoms with E-state index in [-0.39, 0.29) is 12.5 Å². The molecular weight excluding hydrogens is 309 g/mol. The topological polar surface area (TPSA) is 45.2 Å². The highest BCUT2D eigenvalue weighted by molar-refractivity contribution is 6.33. The van der Waals surface area contributed by atoms with Gasteiger partial charge in [0.25, 0.3) is 0 Å². The van der Waals surface area contributed by atoms with Crippen molar-refractivity contribution >= 4 is 40.6 Å². The maximum atomic E-state index is 12.0. The number of carbonyl (C=O) groups excluding carboxylic acids is 1. The van der Waals surface area contributed by atoms with Crippen molar-refractivity contribution in [3.8, 4) is 0 Å². The number of nitrogens with one attached hydrogen (secondary N) is 1. The van der Waals surface area contributed by atoms with Crippen molar-refractivity contribution < 1.29 is 4.79 Å². The molecule has 0 aliphatic heterocycles. The maximum absolute atomic E-state index is 12.0. The van der Waals surface area contributed by atoms with E-state index in [4.69, 9.17) is 23.2 Å². The third-order valence-electron chi connectivity index (χ3n) is 2.88. The second-order valence-electron chi connectivity index (χ2n) is 4.72. The summed E-state index contributed by atoms with van der Waals surface area (Å²) in [5.41, 5.74) is 1.64. The van der Waals surface area contributed by atoms with Gasteiger partial charge in [-0.1, -0.05) is 29.3 Å². The largest absolute Gasteiger partial charge is 0.350 e. The van der Waals surface area contributed by atoms with Gasteiger partial charge in [-0.3, -0.25) is 4.79 Å². The van der Waals surface area contributed by atoms with Gasteiger partial charge in [0, 0.05) is 13.2 Å². The van der Waals surface area contributed by atoms with Crippen LogP contribution in [-0.2, 0) is 4.79 Å². The van der Waals surface area contributed by atoms with E-state index in [0.29, 0.717) is 21.6 Å². The lowest BCUT2D eigenvalue weighted by Gasteiger charge is -2.18. The summed E-state index contributed by atoms with van der Waals surface area (Å²) < 4.78 is 0. The SMILES string of the molecule is Cc1ccc(NC(=O)CN(C)c2ccc(Cl)cn2)c(Cl)c1. The number of anilines is 2. The number of hydrogen-bond acceptors (Lipinski definition) is 3. The van der Waals surface area contributed by atoms with E-state index in [9.17, 15) is 4.79 Å². The number of hydrogen-bond donors (Lipinski definition) is 1. The number of pyridine rings is 1. The standard InChI is InChI=1S/C15H15Cl2N3O/c1-10-3-5-13(12(17)7-10)19-15(21)9-20(2)14-6-4-11(16)8-18-14/h3-8H,9H2,1-2H3,(H,19,21). The summed E-state index contributed by atoms with van der Waals surface area (Å²) >= 11 is 11.9. The van der Waals surface area contributed by atoms with E-state index in [1.54, 1.807) is 36.3 Å². The first-order valence-electron chi connectivity index (χ1n) is 6.34. The van der Waals surface area contributed by atoms with Crippen molar-refractivity contribution in [3.05, 3.63) is 52.1 Å². The van der Waals surface area contributed by atoms with Crippen LogP contribution < -0.4 is 10.2 Å². The molecule has 21 heavy (non-hydrogen) atoms. The molecule has 0 spiro atoms. The molecular formula is C15H15Cl2N3O. The van der Waals surface area contributed by atoms with Crippen molar-refractivity contribution in [1.29, 1.82) is 0 Å². The van der Waals surface area contributed by atoms with Crippen molar-refractivity contribution in [2.24, 2.45) is 0 Å². The summed E-state index contributed by atoms with van der Waals surface area (Å²) in [4.78, 5) is 17.9. The number of halogens is 2. The van der Waals surface area contributed by atoms with E-state index >= 15 is 0 Å². The molecule has 0 aliphatic rings. The van der Waals surface area contributed by atoms with Gasteiger partial charge >= 0.3 is 0 Å². The van der Waals surface area contributed by atoms with Crippen LogP contribution in [0.25, 0.3) is 0 Å². The molecule has 1 aromatic heterocycles. The maximum Gasteiger partial charge on any atom is 0.243 e. The molecule has 4 nitrogen and oxygen atoms in total. The Morgan fingerprint density at radius 2 is 2.05 bits per heavy atom. The Balaban J connectivity index is 1.99. The normalized spacial score (nSPS) is 10.3. The number of aryl methyl sites for hydroxylation is 1. The summed E-state index contributed by atoms with van der Waals surface area (Å²) in [5, 5.41) is 3.87. The van der Waals surface area contributed by atoms with Crippen molar-refractivity contribution in [2.75, 3.05) is 23.8 Å². The van der Waals surface area contributed by atoms with Gasteiger partial charge in [0.05, 0.1) is 22.3 Å². The van der Waals surface area contributed by atoms with Crippen LogP contribution in [0.5, 0.6) is 0 Å². The zero-order valence-corrected chi connectivity index (χ0v) is 13.2. The second-order valence-corrected chi connectivity index (χ2v) is 5.57. The highest BCUT2D eigenvalue weighted by Gasteiger charge is 2.10. The fourth-order valence-electron chi connectivity index (χ4n) is 1.80. The summed E-state index contributed by atoms with van der Waals surface area (Å²) in [5.74, 6) is 0.504. The fourth-order valence-corrected chi connectivity index (χ4v) is 2.20. The van der Waals surface area contributed by atoms with Crippen LogP contribution >= 0.6 is 23.2 Å². The number of carbonyl (C=O) groups is 1. The third-order valence-corrected chi connectivity index (χ3v) is 3.42.